The molecule has 3 nitrogen and oxygen atoms in total. The Kier molecular flexibility index (Phi) is 6.58. The van der Waals surface area contributed by atoms with E-state index in [2.05, 4.69) is 18.4 Å². The minimum absolute atomic E-state index is 0.224. The topological polar surface area (TPSA) is 21.7 Å². The molecule has 118 valence electrons. The maximum Gasteiger partial charge on any atom is 0.243 e. The van der Waals surface area contributed by atoms with Gasteiger partial charge in [0, 0.05) is 0 Å². The van der Waals surface area contributed by atoms with Crippen LogP contribution in [0.1, 0.15) is 13.8 Å². The van der Waals surface area contributed by atoms with E-state index >= 15 is 0 Å². The van der Waals surface area contributed by atoms with Gasteiger partial charge in [0.15, 0.2) is 6.79 Å². The van der Waals surface area contributed by atoms with Crippen LogP contribution in [-0.2, 0) is 4.43 Å². The summed E-state index contributed by atoms with van der Waals surface area (Å²) < 4.78 is 26.4. The molecule has 0 aromatic heterocycles. The fourth-order valence-electron chi connectivity index (χ4n) is 2.07. The fraction of sp³-hybridized carbons (Fsp3) is 0.294. The van der Waals surface area contributed by atoms with Gasteiger partial charge in [0.25, 0.3) is 0 Å². The smallest absolute Gasteiger partial charge is 0.243 e. The molecule has 0 spiro atoms. The SMILES string of the molecule is CCN(CC)[SiH2]OCOc1ccc(-c2ccc(F)cc2)cc1. The summed E-state index contributed by atoms with van der Waals surface area (Å²) >= 11 is 0. The van der Waals surface area contributed by atoms with E-state index in [0.29, 0.717) is 6.79 Å². The Hall–Kier alpha value is -1.69. The number of rotatable bonds is 8. The van der Waals surface area contributed by atoms with Crippen molar-refractivity contribution >= 4 is 9.92 Å². The van der Waals surface area contributed by atoms with Crippen LogP contribution in [0.4, 0.5) is 4.39 Å². The summed E-state index contributed by atoms with van der Waals surface area (Å²) in [5, 5.41) is 0. The summed E-state index contributed by atoms with van der Waals surface area (Å²) in [6, 6.07) is 14.2. The van der Waals surface area contributed by atoms with Crippen LogP contribution in [0, 0.1) is 5.82 Å². The first-order valence-corrected chi connectivity index (χ1v) is 8.72. The molecular weight excluding hydrogens is 297 g/mol. The van der Waals surface area contributed by atoms with Gasteiger partial charge in [-0.1, -0.05) is 38.1 Å². The molecule has 0 atom stereocenters. The summed E-state index contributed by atoms with van der Waals surface area (Å²) in [7, 11) is -0.671. The normalized spacial score (nSPS) is 11.5. The van der Waals surface area contributed by atoms with E-state index in [1.807, 2.05) is 24.3 Å². The van der Waals surface area contributed by atoms with Gasteiger partial charge in [-0.05, 0) is 48.5 Å². The first-order chi connectivity index (χ1) is 10.7. The van der Waals surface area contributed by atoms with Crippen LogP contribution >= 0.6 is 0 Å². The molecule has 0 fully saturated rings. The fourth-order valence-corrected chi connectivity index (χ4v) is 2.85. The molecule has 0 heterocycles. The quantitative estimate of drug-likeness (QED) is 0.424. The standard InChI is InChI=1S/C17H22FNO2Si/c1-3-19(4-2)22-21-13-20-17-11-7-15(8-12-17)14-5-9-16(18)10-6-14/h5-12H,3-4,13,22H2,1-2H3. The highest BCUT2D eigenvalue weighted by Crippen LogP contribution is 2.22. The molecule has 5 heteroatoms. The van der Waals surface area contributed by atoms with Gasteiger partial charge in [0.1, 0.15) is 11.6 Å². The molecule has 0 N–H and O–H groups in total. The molecule has 0 aliphatic heterocycles. The third kappa shape index (κ3) is 4.94. The van der Waals surface area contributed by atoms with Gasteiger partial charge < -0.3 is 13.7 Å². The van der Waals surface area contributed by atoms with Crippen molar-refractivity contribution < 1.29 is 13.6 Å². The predicted molar refractivity (Wildman–Crippen MR) is 89.9 cm³/mol. The van der Waals surface area contributed by atoms with Crippen molar-refractivity contribution in [3.63, 3.8) is 0 Å². The summed E-state index contributed by atoms with van der Waals surface area (Å²) in [5.41, 5.74) is 2.02. The monoisotopic (exact) mass is 319 g/mol. The van der Waals surface area contributed by atoms with Gasteiger partial charge in [0.05, 0.1) is 0 Å². The van der Waals surface area contributed by atoms with Crippen molar-refractivity contribution in [2.75, 3.05) is 19.9 Å². The largest absolute Gasteiger partial charge is 0.469 e. The van der Waals surface area contributed by atoms with Crippen LogP contribution in [0.2, 0.25) is 0 Å². The number of hydrogen-bond acceptors (Lipinski definition) is 3. The maximum atomic E-state index is 12.9. The third-order valence-electron chi connectivity index (χ3n) is 3.51. The summed E-state index contributed by atoms with van der Waals surface area (Å²) in [6.07, 6.45) is 0. The van der Waals surface area contributed by atoms with Gasteiger partial charge in [-0.3, -0.25) is 0 Å². The van der Waals surface area contributed by atoms with Crippen LogP contribution in [0.15, 0.2) is 48.5 Å². The molecule has 2 aromatic rings. The minimum Gasteiger partial charge on any atom is -0.469 e. The lowest BCUT2D eigenvalue weighted by molar-refractivity contribution is 0.113. The average molecular weight is 319 g/mol. The highest BCUT2D eigenvalue weighted by atomic mass is 28.2. The Bertz CT molecular complexity index is 556. The first-order valence-electron chi connectivity index (χ1n) is 7.51. The first kappa shape index (κ1) is 16.7. The summed E-state index contributed by atoms with van der Waals surface area (Å²) in [5.74, 6) is 0.553. The highest BCUT2D eigenvalue weighted by Gasteiger charge is 2.01. The molecule has 0 aliphatic rings. The van der Waals surface area contributed by atoms with Crippen molar-refractivity contribution in [3.05, 3.63) is 54.3 Å². The number of ether oxygens (including phenoxy) is 1. The molecule has 0 saturated carbocycles. The Morgan fingerprint density at radius 1 is 0.909 bits per heavy atom. The van der Waals surface area contributed by atoms with E-state index in [4.69, 9.17) is 9.16 Å². The van der Waals surface area contributed by atoms with E-state index < -0.39 is 9.92 Å². The number of hydrogen-bond donors (Lipinski definition) is 0. The Morgan fingerprint density at radius 3 is 2.00 bits per heavy atom. The van der Waals surface area contributed by atoms with Crippen molar-refractivity contribution in [1.82, 2.24) is 4.57 Å². The molecule has 2 rings (SSSR count). The lowest BCUT2D eigenvalue weighted by Gasteiger charge is -2.17. The molecule has 2 aromatic carbocycles. The highest BCUT2D eigenvalue weighted by molar-refractivity contribution is 6.23. The second kappa shape index (κ2) is 8.68. The predicted octanol–water partition coefficient (Wildman–Crippen LogP) is 3.19. The van der Waals surface area contributed by atoms with Gasteiger partial charge in [0.2, 0.25) is 9.92 Å². The lowest BCUT2D eigenvalue weighted by atomic mass is 10.1. The molecule has 0 amide bonds. The van der Waals surface area contributed by atoms with Gasteiger partial charge in [-0.2, -0.15) is 0 Å². The Balaban J connectivity index is 1.83. The van der Waals surface area contributed by atoms with Crippen molar-refractivity contribution in [3.8, 4) is 16.9 Å². The van der Waals surface area contributed by atoms with Gasteiger partial charge in [-0.25, -0.2) is 4.39 Å². The summed E-state index contributed by atoms with van der Waals surface area (Å²) in [4.78, 5) is 0. The molecule has 0 aliphatic carbocycles. The molecule has 0 radical (unpaired) electrons. The van der Waals surface area contributed by atoms with E-state index in [0.717, 1.165) is 30.0 Å². The minimum atomic E-state index is -0.671. The number of benzene rings is 2. The Labute approximate surface area is 133 Å². The second-order valence-electron chi connectivity index (χ2n) is 4.93. The van der Waals surface area contributed by atoms with Crippen LogP contribution in [-0.4, -0.2) is 34.4 Å². The third-order valence-corrected chi connectivity index (χ3v) is 5.12. The van der Waals surface area contributed by atoms with Crippen molar-refractivity contribution in [1.29, 1.82) is 0 Å². The zero-order valence-corrected chi connectivity index (χ0v) is 14.5. The van der Waals surface area contributed by atoms with Gasteiger partial charge in [-0.15, -0.1) is 0 Å². The van der Waals surface area contributed by atoms with E-state index in [1.54, 1.807) is 12.1 Å². The Morgan fingerprint density at radius 2 is 1.45 bits per heavy atom. The van der Waals surface area contributed by atoms with E-state index in [-0.39, 0.29) is 5.82 Å². The van der Waals surface area contributed by atoms with Crippen LogP contribution in [0.25, 0.3) is 11.1 Å². The number of halogens is 1. The zero-order valence-electron chi connectivity index (χ0n) is 13.1. The molecular formula is C17H22FNO2Si. The summed E-state index contributed by atoms with van der Waals surface area (Å²) in [6.45, 7) is 6.60. The van der Waals surface area contributed by atoms with Crippen molar-refractivity contribution in [2.45, 2.75) is 13.8 Å². The average Bonchev–Trinajstić information content (AvgIpc) is 2.56. The second-order valence-corrected chi connectivity index (χ2v) is 6.49. The zero-order chi connectivity index (χ0) is 15.8. The molecule has 0 saturated heterocycles. The van der Waals surface area contributed by atoms with Gasteiger partial charge >= 0.3 is 0 Å². The molecule has 0 unspecified atom stereocenters. The number of nitrogens with zero attached hydrogens (tertiary/aromatic N) is 1. The van der Waals surface area contributed by atoms with E-state index in [9.17, 15) is 4.39 Å². The molecule has 0 bridgehead atoms. The lowest BCUT2D eigenvalue weighted by Crippen LogP contribution is -2.30. The van der Waals surface area contributed by atoms with E-state index in [1.165, 1.54) is 12.1 Å². The maximum absolute atomic E-state index is 12.9. The molecule has 22 heavy (non-hydrogen) atoms. The van der Waals surface area contributed by atoms with Crippen molar-refractivity contribution in [2.24, 2.45) is 0 Å². The van der Waals surface area contributed by atoms with Crippen LogP contribution < -0.4 is 4.74 Å². The van der Waals surface area contributed by atoms with Crippen LogP contribution in [0.5, 0.6) is 5.75 Å². The van der Waals surface area contributed by atoms with Crippen LogP contribution in [0.3, 0.4) is 0 Å².